The Kier molecular flexibility index (Phi) is 2.86. The molecule has 2 aliphatic heterocycles. The number of nitrogens with one attached hydrogen (secondary N) is 1. The van der Waals surface area contributed by atoms with E-state index in [9.17, 15) is 4.79 Å². The van der Waals surface area contributed by atoms with Crippen molar-refractivity contribution < 1.29 is 14.3 Å². The molecule has 0 aromatic carbocycles. The summed E-state index contributed by atoms with van der Waals surface area (Å²) >= 11 is 0. The lowest BCUT2D eigenvalue weighted by Crippen LogP contribution is -2.53. The smallest absolute Gasteiger partial charge is 0.407 e. The predicted molar refractivity (Wildman–Crippen MR) is 63.6 cm³/mol. The average Bonchev–Trinajstić information content (AvgIpc) is 2.67. The van der Waals surface area contributed by atoms with Crippen LogP contribution in [-0.4, -0.2) is 37.0 Å². The van der Waals surface area contributed by atoms with E-state index >= 15 is 0 Å². The van der Waals surface area contributed by atoms with Gasteiger partial charge >= 0.3 is 6.09 Å². The molecule has 3 rings (SSSR count). The fourth-order valence-corrected chi connectivity index (χ4v) is 2.78. The number of carbonyl (C=O) groups excluding carboxylic acids is 1. The number of ether oxygens (including phenoxy) is 2. The molecule has 1 aliphatic carbocycles. The molecular weight excluding hydrogens is 220 g/mol. The second kappa shape index (κ2) is 3.85. The van der Waals surface area contributed by atoms with Gasteiger partial charge in [-0.1, -0.05) is 0 Å². The third kappa shape index (κ3) is 2.55. The molecule has 3 N–H and O–H groups in total. The molecule has 2 saturated heterocycles. The highest BCUT2D eigenvalue weighted by atomic mass is 16.6. The van der Waals surface area contributed by atoms with Crippen LogP contribution in [0.1, 0.15) is 33.6 Å². The van der Waals surface area contributed by atoms with Crippen LogP contribution in [0.4, 0.5) is 4.79 Å². The van der Waals surface area contributed by atoms with Crippen LogP contribution in [0.15, 0.2) is 0 Å². The SMILES string of the molecule is CC(C)(C)OC(=O)NCC12COC(CN)(C1)C2. The Hall–Kier alpha value is -0.810. The maximum absolute atomic E-state index is 11.5. The molecule has 0 aromatic rings. The summed E-state index contributed by atoms with van der Waals surface area (Å²) in [5.74, 6) is 0. The topological polar surface area (TPSA) is 73.6 Å². The van der Waals surface area contributed by atoms with Gasteiger partial charge in [0.15, 0.2) is 0 Å². The molecule has 0 atom stereocenters. The highest BCUT2D eigenvalue weighted by Gasteiger charge is 2.61. The molecular formula is C12H22N2O3. The molecule has 1 saturated carbocycles. The second-order valence-corrected chi connectivity index (χ2v) is 6.38. The molecule has 2 heterocycles. The Labute approximate surface area is 102 Å². The van der Waals surface area contributed by atoms with Gasteiger partial charge in [-0.25, -0.2) is 4.79 Å². The van der Waals surface area contributed by atoms with Crippen molar-refractivity contribution in [3.8, 4) is 0 Å². The van der Waals surface area contributed by atoms with Crippen LogP contribution in [0.2, 0.25) is 0 Å². The van der Waals surface area contributed by atoms with Crippen LogP contribution in [0.5, 0.6) is 0 Å². The summed E-state index contributed by atoms with van der Waals surface area (Å²) in [4.78, 5) is 11.5. The van der Waals surface area contributed by atoms with E-state index in [0.29, 0.717) is 19.7 Å². The number of fused-ring (bicyclic) bond motifs is 1. The molecule has 0 radical (unpaired) electrons. The molecule has 0 unspecified atom stereocenters. The van der Waals surface area contributed by atoms with E-state index in [-0.39, 0.29) is 17.1 Å². The highest BCUT2D eigenvalue weighted by molar-refractivity contribution is 5.67. The summed E-state index contributed by atoms with van der Waals surface area (Å²) < 4.78 is 10.9. The minimum Gasteiger partial charge on any atom is -0.444 e. The van der Waals surface area contributed by atoms with Crippen LogP contribution in [0.25, 0.3) is 0 Å². The van der Waals surface area contributed by atoms with Crippen molar-refractivity contribution in [2.75, 3.05) is 19.7 Å². The van der Waals surface area contributed by atoms with Crippen molar-refractivity contribution in [3.05, 3.63) is 0 Å². The van der Waals surface area contributed by atoms with E-state index in [1.807, 2.05) is 20.8 Å². The maximum Gasteiger partial charge on any atom is 0.407 e. The van der Waals surface area contributed by atoms with Crippen LogP contribution in [0.3, 0.4) is 0 Å². The van der Waals surface area contributed by atoms with Crippen molar-refractivity contribution in [3.63, 3.8) is 0 Å². The maximum atomic E-state index is 11.5. The summed E-state index contributed by atoms with van der Waals surface area (Å²) in [5, 5.41) is 2.82. The molecule has 5 nitrogen and oxygen atoms in total. The molecule has 3 aliphatic rings. The second-order valence-electron chi connectivity index (χ2n) is 6.38. The summed E-state index contributed by atoms with van der Waals surface area (Å²) in [6.45, 7) is 7.44. The average molecular weight is 242 g/mol. The number of amides is 1. The highest BCUT2D eigenvalue weighted by Crippen LogP contribution is 2.56. The monoisotopic (exact) mass is 242 g/mol. The van der Waals surface area contributed by atoms with Gasteiger partial charge in [-0.3, -0.25) is 0 Å². The molecule has 17 heavy (non-hydrogen) atoms. The number of rotatable bonds is 3. The summed E-state index contributed by atoms with van der Waals surface area (Å²) in [5.41, 5.74) is 5.21. The van der Waals surface area contributed by atoms with Gasteiger partial charge < -0.3 is 20.5 Å². The van der Waals surface area contributed by atoms with E-state index in [2.05, 4.69) is 5.32 Å². The van der Waals surface area contributed by atoms with Crippen molar-refractivity contribution in [2.45, 2.75) is 44.8 Å². The van der Waals surface area contributed by atoms with Crippen LogP contribution in [-0.2, 0) is 9.47 Å². The fourth-order valence-electron chi connectivity index (χ4n) is 2.78. The van der Waals surface area contributed by atoms with E-state index in [1.54, 1.807) is 0 Å². The zero-order valence-corrected chi connectivity index (χ0v) is 10.8. The van der Waals surface area contributed by atoms with Gasteiger partial charge in [-0.2, -0.15) is 0 Å². The van der Waals surface area contributed by atoms with Gasteiger partial charge in [0.25, 0.3) is 0 Å². The molecule has 2 bridgehead atoms. The molecule has 98 valence electrons. The molecule has 5 heteroatoms. The zero-order chi connectivity index (χ0) is 12.7. The van der Waals surface area contributed by atoms with Crippen molar-refractivity contribution >= 4 is 6.09 Å². The summed E-state index contributed by atoms with van der Waals surface area (Å²) in [6, 6.07) is 0. The predicted octanol–water partition coefficient (Wildman–Crippen LogP) is 1.02. The first kappa shape index (κ1) is 12.6. The first-order valence-electron chi connectivity index (χ1n) is 6.09. The Balaban J connectivity index is 1.76. The Morgan fingerprint density at radius 2 is 2.12 bits per heavy atom. The van der Waals surface area contributed by atoms with Crippen molar-refractivity contribution in [2.24, 2.45) is 11.1 Å². The molecule has 0 aromatic heterocycles. The van der Waals surface area contributed by atoms with Gasteiger partial charge in [0.1, 0.15) is 5.60 Å². The van der Waals surface area contributed by atoms with Gasteiger partial charge in [-0.15, -0.1) is 0 Å². The van der Waals surface area contributed by atoms with Gasteiger partial charge in [0.2, 0.25) is 0 Å². The van der Waals surface area contributed by atoms with E-state index < -0.39 is 5.60 Å². The molecule has 3 fully saturated rings. The van der Waals surface area contributed by atoms with E-state index in [4.69, 9.17) is 15.2 Å². The Morgan fingerprint density at radius 3 is 2.59 bits per heavy atom. The van der Waals surface area contributed by atoms with Gasteiger partial charge in [0.05, 0.1) is 12.2 Å². The quantitative estimate of drug-likeness (QED) is 0.775. The lowest BCUT2D eigenvalue weighted by Gasteiger charge is -2.43. The number of alkyl carbamates (subject to hydrolysis) is 1. The van der Waals surface area contributed by atoms with Crippen LogP contribution in [0, 0.1) is 5.41 Å². The van der Waals surface area contributed by atoms with Gasteiger partial charge in [-0.05, 0) is 33.6 Å². The third-order valence-electron chi connectivity index (χ3n) is 3.46. The summed E-state index contributed by atoms with van der Waals surface area (Å²) in [6.07, 6.45) is 1.54. The van der Waals surface area contributed by atoms with Gasteiger partial charge in [0, 0.05) is 18.5 Å². The first-order valence-corrected chi connectivity index (χ1v) is 6.09. The lowest BCUT2D eigenvalue weighted by molar-refractivity contribution is -0.00715. The molecule has 0 spiro atoms. The standard InChI is InChI=1S/C12H22N2O3/c1-10(2,3)17-9(15)14-7-11-4-12(5-11,6-13)16-8-11/h4-8,13H2,1-3H3,(H,14,15). The largest absolute Gasteiger partial charge is 0.444 e. The fraction of sp³-hybridized carbons (Fsp3) is 0.917. The normalized spacial score (nSPS) is 35.3. The Morgan fingerprint density at radius 1 is 1.47 bits per heavy atom. The van der Waals surface area contributed by atoms with Crippen molar-refractivity contribution in [1.82, 2.24) is 5.32 Å². The van der Waals surface area contributed by atoms with E-state index in [1.165, 1.54) is 0 Å². The molecule has 1 amide bonds. The Bertz CT molecular complexity index is 316. The van der Waals surface area contributed by atoms with Crippen molar-refractivity contribution in [1.29, 1.82) is 0 Å². The number of hydrogen-bond donors (Lipinski definition) is 2. The summed E-state index contributed by atoms with van der Waals surface area (Å²) in [7, 11) is 0. The lowest BCUT2D eigenvalue weighted by atomic mass is 9.62. The first-order chi connectivity index (χ1) is 7.78. The minimum atomic E-state index is -0.450. The zero-order valence-electron chi connectivity index (χ0n) is 10.8. The van der Waals surface area contributed by atoms with Crippen LogP contribution < -0.4 is 11.1 Å². The number of nitrogens with two attached hydrogens (primary N) is 1. The number of hydrogen-bond acceptors (Lipinski definition) is 4. The third-order valence-corrected chi connectivity index (χ3v) is 3.46. The van der Waals surface area contributed by atoms with E-state index in [0.717, 1.165) is 12.8 Å². The minimum absolute atomic E-state index is 0.0935. The number of carbonyl (C=O) groups is 1. The van der Waals surface area contributed by atoms with Crippen LogP contribution >= 0.6 is 0 Å².